The summed E-state index contributed by atoms with van der Waals surface area (Å²) in [6.45, 7) is 2.42. The lowest BCUT2D eigenvalue weighted by Gasteiger charge is -1.97. The van der Waals surface area contributed by atoms with Crippen molar-refractivity contribution in [3.8, 4) is 0 Å². The molecule has 0 fully saturated rings. The smallest absolute Gasteiger partial charge is 0.309 e. The number of carboxylic acids is 1. The van der Waals surface area contributed by atoms with Crippen LogP contribution < -0.4 is 5.32 Å². The molecule has 2 aromatic heterocycles. The number of aromatic nitrogens is 1. The van der Waals surface area contributed by atoms with E-state index < -0.39 is 5.97 Å². The number of hydrogen-bond acceptors (Lipinski definition) is 5. The zero-order valence-electron chi connectivity index (χ0n) is 9.27. The first-order valence-electron chi connectivity index (χ1n) is 5.09. The Balaban J connectivity index is 1.99. The maximum absolute atomic E-state index is 10.6. The minimum atomic E-state index is -0.865. The lowest BCUT2D eigenvalue weighted by molar-refractivity contribution is -0.136. The number of nitrogens with one attached hydrogen (secondary N) is 1. The Kier molecular flexibility index (Phi) is 3.43. The average molecular weight is 252 g/mol. The van der Waals surface area contributed by atoms with Crippen molar-refractivity contribution in [2.45, 2.75) is 19.9 Å². The Hall–Kier alpha value is -1.82. The number of aliphatic carboxylic acids is 1. The van der Waals surface area contributed by atoms with Crippen LogP contribution in [0.2, 0.25) is 0 Å². The SMILES string of the molecule is Cc1sc(NCc2ccco2)nc1CC(=O)O. The van der Waals surface area contributed by atoms with Crippen molar-refractivity contribution >= 4 is 22.4 Å². The van der Waals surface area contributed by atoms with Crippen LogP contribution in [0.25, 0.3) is 0 Å². The quantitative estimate of drug-likeness (QED) is 0.853. The molecule has 17 heavy (non-hydrogen) atoms. The van der Waals surface area contributed by atoms with E-state index in [9.17, 15) is 4.79 Å². The van der Waals surface area contributed by atoms with Gasteiger partial charge in [0.25, 0.3) is 0 Å². The summed E-state index contributed by atoms with van der Waals surface area (Å²) < 4.78 is 5.18. The first-order valence-corrected chi connectivity index (χ1v) is 5.91. The van der Waals surface area contributed by atoms with E-state index in [4.69, 9.17) is 9.52 Å². The van der Waals surface area contributed by atoms with E-state index in [1.807, 2.05) is 19.1 Å². The third-order valence-corrected chi connectivity index (χ3v) is 3.18. The summed E-state index contributed by atoms with van der Waals surface area (Å²) in [5.74, 6) is -0.0476. The van der Waals surface area contributed by atoms with Gasteiger partial charge in [0.05, 0.1) is 24.9 Å². The van der Waals surface area contributed by atoms with Gasteiger partial charge in [0.15, 0.2) is 5.13 Å². The minimum Gasteiger partial charge on any atom is -0.481 e. The fourth-order valence-electron chi connectivity index (χ4n) is 1.39. The molecule has 0 spiro atoms. The van der Waals surface area contributed by atoms with E-state index in [2.05, 4.69) is 10.3 Å². The first-order chi connectivity index (χ1) is 8.15. The minimum absolute atomic E-state index is 0.0369. The number of thiazole rings is 1. The second-order valence-electron chi connectivity index (χ2n) is 3.53. The average Bonchev–Trinajstić information content (AvgIpc) is 2.86. The third kappa shape index (κ3) is 3.07. The maximum atomic E-state index is 10.6. The number of carboxylic acid groups (broad SMARTS) is 1. The summed E-state index contributed by atoms with van der Waals surface area (Å²) >= 11 is 1.45. The van der Waals surface area contributed by atoms with E-state index in [1.165, 1.54) is 11.3 Å². The first kappa shape index (κ1) is 11.7. The van der Waals surface area contributed by atoms with Gasteiger partial charge in [-0.15, -0.1) is 11.3 Å². The van der Waals surface area contributed by atoms with Crippen LogP contribution >= 0.6 is 11.3 Å². The Morgan fingerprint density at radius 1 is 1.65 bits per heavy atom. The largest absolute Gasteiger partial charge is 0.481 e. The highest BCUT2D eigenvalue weighted by molar-refractivity contribution is 7.15. The number of nitrogens with zero attached hydrogens (tertiary/aromatic N) is 1. The predicted octanol–water partition coefficient (Wildman–Crippen LogP) is 2.28. The van der Waals surface area contributed by atoms with Crippen LogP contribution in [0.5, 0.6) is 0 Å². The van der Waals surface area contributed by atoms with Crippen molar-refractivity contribution in [1.82, 2.24) is 4.98 Å². The van der Waals surface area contributed by atoms with Crippen molar-refractivity contribution in [2.75, 3.05) is 5.32 Å². The summed E-state index contributed by atoms with van der Waals surface area (Å²) in [4.78, 5) is 15.8. The molecule has 0 atom stereocenters. The van der Waals surface area contributed by atoms with Crippen LogP contribution in [0.15, 0.2) is 22.8 Å². The molecule has 0 amide bonds. The van der Waals surface area contributed by atoms with Crippen molar-refractivity contribution < 1.29 is 14.3 Å². The summed E-state index contributed by atoms with van der Waals surface area (Å²) in [6.07, 6.45) is 1.57. The van der Waals surface area contributed by atoms with Crippen molar-refractivity contribution in [1.29, 1.82) is 0 Å². The van der Waals surface area contributed by atoms with Gasteiger partial charge in [-0.25, -0.2) is 4.98 Å². The normalized spacial score (nSPS) is 10.4. The van der Waals surface area contributed by atoms with Crippen molar-refractivity contribution in [2.24, 2.45) is 0 Å². The number of carbonyl (C=O) groups is 1. The van der Waals surface area contributed by atoms with Gasteiger partial charge in [-0.1, -0.05) is 0 Å². The van der Waals surface area contributed by atoms with Gasteiger partial charge in [0.2, 0.25) is 0 Å². The van der Waals surface area contributed by atoms with Crippen LogP contribution in [0.3, 0.4) is 0 Å². The second kappa shape index (κ2) is 5.01. The molecule has 0 saturated carbocycles. The second-order valence-corrected chi connectivity index (χ2v) is 4.73. The Morgan fingerprint density at radius 3 is 3.12 bits per heavy atom. The van der Waals surface area contributed by atoms with Crippen LogP contribution in [-0.2, 0) is 17.8 Å². The van der Waals surface area contributed by atoms with Crippen LogP contribution in [0.1, 0.15) is 16.3 Å². The highest BCUT2D eigenvalue weighted by atomic mass is 32.1. The van der Waals surface area contributed by atoms with Gasteiger partial charge in [-0.2, -0.15) is 0 Å². The predicted molar refractivity (Wildman–Crippen MR) is 64.2 cm³/mol. The summed E-state index contributed by atoms with van der Waals surface area (Å²) in [7, 11) is 0. The molecule has 0 aliphatic carbocycles. The monoisotopic (exact) mass is 252 g/mol. The van der Waals surface area contributed by atoms with Gasteiger partial charge in [0.1, 0.15) is 5.76 Å². The van der Waals surface area contributed by atoms with Crippen molar-refractivity contribution in [3.63, 3.8) is 0 Å². The Bertz CT molecular complexity index is 505. The van der Waals surface area contributed by atoms with Crippen LogP contribution in [-0.4, -0.2) is 16.1 Å². The molecule has 2 N–H and O–H groups in total. The Labute approximate surface area is 102 Å². The molecule has 0 saturated heterocycles. The van der Waals surface area contributed by atoms with E-state index in [-0.39, 0.29) is 6.42 Å². The fourth-order valence-corrected chi connectivity index (χ4v) is 2.21. The maximum Gasteiger partial charge on any atom is 0.309 e. The van der Waals surface area contributed by atoms with E-state index in [0.717, 1.165) is 15.8 Å². The molecular formula is C11H12N2O3S. The topological polar surface area (TPSA) is 75.4 Å². The zero-order chi connectivity index (χ0) is 12.3. The highest BCUT2D eigenvalue weighted by Gasteiger charge is 2.10. The highest BCUT2D eigenvalue weighted by Crippen LogP contribution is 2.23. The van der Waals surface area contributed by atoms with Gasteiger partial charge >= 0.3 is 5.97 Å². The van der Waals surface area contributed by atoms with E-state index in [0.29, 0.717) is 12.2 Å². The molecular weight excluding hydrogens is 240 g/mol. The van der Waals surface area contributed by atoms with Gasteiger partial charge in [-0.05, 0) is 19.1 Å². The molecule has 0 unspecified atom stereocenters. The number of rotatable bonds is 5. The molecule has 0 bridgehead atoms. The zero-order valence-corrected chi connectivity index (χ0v) is 10.1. The molecule has 0 aliphatic rings. The number of aryl methyl sites for hydroxylation is 1. The van der Waals surface area contributed by atoms with E-state index >= 15 is 0 Å². The fraction of sp³-hybridized carbons (Fsp3) is 0.273. The standard InChI is InChI=1S/C11H12N2O3S/c1-7-9(5-10(14)15)13-11(17-7)12-6-8-3-2-4-16-8/h2-4H,5-6H2,1H3,(H,12,13)(H,14,15). The molecule has 2 aromatic rings. The summed E-state index contributed by atoms with van der Waals surface area (Å²) in [6, 6.07) is 3.69. The lowest BCUT2D eigenvalue weighted by Crippen LogP contribution is -2.02. The van der Waals surface area contributed by atoms with Crippen molar-refractivity contribution in [3.05, 3.63) is 34.7 Å². The summed E-state index contributed by atoms with van der Waals surface area (Å²) in [5.41, 5.74) is 0.615. The molecule has 90 valence electrons. The molecule has 6 heteroatoms. The van der Waals surface area contributed by atoms with Crippen LogP contribution in [0, 0.1) is 6.92 Å². The third-order valence-electron chi connectivity index (χ3n) is 2.21. The lowest BCUT2D eigenvalue weighted by atomic mass is 10.3. The molecule has 0 radical (unpaired) electrons. The number of furan rings is 1. The molecule has 5 nitrogen and oxygen atoms in total. The van der Waals surface area contributed by atoms with Gasteiger partial charge in [-0.3, -0.25) is 4.79 Å². The molecule has 0 aromatic carbocycles. The Morgan fingerprint density at radius 2 is 2.47 bits per heavy atom. The van der Waals surface area contributed by atoms with E-state index in [1.54, 1.807) is 6.26 Å². The number of hydrogen-bond donors (Lipinski definition) is 2. The molecule has 0 aliphatic heterocycles. The molecule has 2 heterocycles. The van der Waals surface area contributed by atoms with Gasteiger partial charge < -0.3 is 14.8 Å². The summed E-state index contributed by atoms with van der Waals surface area (Å²) in [5, 5.41) is 12.5. The van der Waals surface area contributed by atoms with Crippen LogP contribution in [0.4, 0.5) is 5.13 Å². The molecule has 2 rings (SSSR count). The van der Waals surface area contributed by atoms with Gasteiger partial charge in [0, 0.05) is 4.88 Å². The number of anilines is 1.